The van der Waals surface area contributed by atoms with Crippen LogP contribution in [-0.4, -0.2) is 22.0 Å². The summed E-state index contributed by atoms with van der Waals surface area (Å²) in [6.45, 7) is 0. The molecule has 0 saturated carbocycles. The molecule has 1 aromatic heterocycles. The summed E-state index contributed by atoms with van der Waals surface area (Å²) in [5, 5.41) is 15.1. The molecule has 0 unspecified atom stereocenters. The highest BCUT2D eigenvalue weighted by Gasteiger charge is 2.18. The quantitative estimate of drug-likeness (QED) is 0.331. The summed E-state index contributed by atoms with van der Waals surface area (Å²) in [7, 11) is 0. The smallest absolute Gasteiger partial charge is 0.326 e. The number of pyridine rings is 1. The van der Waals surface area contributed by atoms with Gasteiger partial charge in [-0.3, -0.25) is 15.1 Å². The van der Waals surface area contributed by atoms with Crippen molar-refractivity contribution in [2.75, 3.05) is 5.32 Å². The van der Waals surface area contributed by atoms with Gasteiger partial charge in [0.15, 0.2) is 5.75 Å². The van der Waals surface area contributed by atoms with Crippen LogP contribution in [0.25, 0.3) is 11.3 Å². The third-order valence-electron chi connectivity index (χ3n) is 3.77. The molecule has 3 N–H and O–H groups in total. The number of rotatable bonds is 3. The summed E-state index contributed by atoms with van der Waals surface area (Å²) in [6, 6.07) is 10.3. The Morgan fingerprint density at radius 2 is 1.79 bits per heavy atom. The lowest BCUT2D eigenvalue weighted by Crippen LogP contribution is -2.34. The lowest BCUT2D eigenvalue weighted by molar-refractivity contribution is 0.0967. The molecule has 0 aliphatic carbocycles. The first kappa shape index (κ1) is 21.6. The standard InChI is InChI=1S/C19H11Br2Cl2N3O3/c20-9-7-12(21)16(24-8-9)11-5-6-14(17(27)15(11)23)25-19(29)26-18(28)10-3-1-2-4-13(10)22/h1-8,27H,(H2,25,26,28,29). The van der Waals surface area contributed by atoms with E-state index in [-0.39, 0.29) is 27.0 Å². The molecule has 2 aromatic carbocycles. The molecule has 0 radical (unpaired) electrons. The number of aromatic hydroxyl groups is 1. The topological polar surface area (TPSA) is 91.3 Å². The Hall–Kier alpha value is -2.13. The average molecular weight is 560 g/mol. The van der Waals surface area contributed by atoms with E-state index in [9.17, 15) is 14.7 Å². The van der Waals surface area contributed by atoms with Crippen LogP contribution in [0.15, 0.2) is 57.6 Å². The van der Waals surface area contributed by atoms with Crippen molar-refractivity contribution in [3.63, 3.8) is 0 Å². The van der Waals surface area contributed by atoms with Crippen LogP contribution in [0.2, 0.25) is 10.0 Å². The number of phenols is 1. The van der Waals surface area contributed by atoms with Gasteiger partial charge in [-0.25, -0.2) is 4.79 Å². The molecule has 0 fully saturated rings. The minimum Gasteiger partial charge on any atom is -0.504 e. The maximum absolute atomic E-state index is 12.2. The van der Waals surface area contributed by atoms with Gasteiger partial charge in [0, 0.05) is 20.7 Å². The van der Waals surface area contributed by atoms with E-state index >= 15 is 0 Å². The fourth-order valence-corrected chi connectivity index (χ4v) is 4.11. The number of hydrogen-bond donors (Lipinski definition) is 3. The summed E-state index contributed by atoms with van der Waals surface area (Å²) >= 11 is 18.9. The zero-order valence-electron chi connectivity index (χ0n) is 14.3. The number of benzene rings is 2. The maximum atomic E-state index is 12.2. The van der Waals surface area contributed by atoms with Crippen LogP contribution >= 0.6 is 55.1 Å². The highest BCUT2D eigenvalue weighted by molar-refractivity contribution is 9.11. The Kier molecular flexibility index (Phi) is 6.79. The molecule has 3 rings (SSSR count). The summed E-state index contributed by atoms with van der Waals surface area (Å²) in [4.78, 5) is 28.6. The monoisotopic (exact) mass is 557 g/mol. The second-order valence-corrected chi connectivity index (χ2v) is 8.25. The molecule has 0 aliphatic rings. The van der Waals surface area contributed by atoms with Gasteiger partial charge in [-0.1, -0.05) is 35.3 Å². The van der Waals surface area contributed by atoms with E-state index in [1.165, 1.54) is 18.2 Å². The van der Waals surface area contributed by atoms with Gasteiger partial charge < -0.3 is 10.4 Å². The summed E-state index contributed by atoms with van der Waals surface area (Å²) in [5.41, 5.74) is 1.14. The lowest BCUT2D eigenvalue weighted by Gasteiger charge is -2.13. The van der Waals surface area contributed by atoms with Crippen LogP contribution in [0.1, 0.15) is 10.4 Å². The van der Waals surface area contributed by atoms with Gasteiger partial charge in [-0.05, 0) is 62.2 Å². The first-order valence-corrected chi connectivity index (χ1v) is 10.3. The maximum Gasteiger partial charge on any atom is 0.326 e. The first-order valence-electron chi connectivity index (χ1n) is 7.97. The minimum atomic E-state index is -0.850. The summed E-state index contributed by atoms with van der Waals surface area (Å²) in [5.74, 6) is -1.04. The Balaban J connectivity index is 1.80. The van der Waals surface area contributed by atoms with E-state index in [2.05, 4.69) is 47.5 Å². The van der Waals surface area contributed by atoms with Gasteiger partial charge in [0.1, 0.15) is 0 Å². The van der Waals surface area contributed by atoms with Gasteiger partial charge in [0.25, 0.3) is 5.91 Å². The van der Waals surface area contributed by atoms with Crippen LogP contribution in [0.3, 0.4) is 0 Å². The number of halogens is 4. The third kappa shape index (κ3) is 4.90. The lowest BCUT2D eigenvalue weighted by atomic mass is 10.1. The average Bonchev–Trinajstić information content (AvgIpc) is 2.66. The second kappa shape index (κ2) is 9.13. The van der Waals surface area contributed by atoms with E-state index in [0.717, 1.165) is 4.47 Å². The molecule has 0 spiro atoms. The molecular formula is C19H11Br2Cl2N3O3. The van der Waals surface area contributed by atoms with Gasteiger partial charge >= 0.3 is 6.03 Å². The second-order valence-electron chi connectivity index (χ2n) is 5.70. The van der Waals surface area contributed by atoms with E-state index < -0.39 is 11.9 Å². The fourth-order valence-electron chi connectivity index (χ4n) is 2.43. The van der Waals surface area contributed by atoms with Gasteiger partial charge in [0.05, 0.1) is 27.0 Å². The van der Waals surface area contributed by atoms with Crippen LogP contribution in [0.4, 0.5) is 10.5 Å². The minimum absolute atomic E-state index is 0.00393. The Labute approximate surface area is 192 Å². The number of carbonyl (C=O) groups is 2. The van der Waals surface area contributed by atoms with Crippen molar-refractivity contribution in [2.45, 2.75) is 0 Å². The van der Waals surface area contributed by atoms with Crippen molar-refractivity contribution < 1.29 is 14.7 Å². The molecule has 1 heterocycles. The van der Waals surface area contributed by atoms with Crippen molar-refractivity contribution in [1.29, 1.82) is 0 Å². The molecule has 6 nitrogen and oxygen atoms in total. The van der Waals surface area contributed by atoms with E-state index in [1.807, 2.05) is 0 Å². The molecule has 148 valence electrons. The number of imide groups is 1. The van der Waals surface area contributed by atoms with Crippen molar-refractivity contribution in [1.82, 2.24) is 10.3 Å². The third-order valence-corrected chi connectivity index (χ3v) is 5.52. The van der Waals surface area contributed by atoms with Crippen LogP contribution in [0, 0.1) is 0 Å². The van der Waals surface area contributed by atoms with Crippen molar-refractivity contribution in [3.05, 3.63) is 73.2 Å². The first-order chi connectivity index (χ1) is 13.8. The molecule has 0 bridgehead atoms. The number of carbonyl (C=O) groups excluding carboxylic acids is 2. The molecule has 10 heteroatoms. The normalized spacial score (nSPS) is 10.5. The highest BCUT2D eigenvalue weighted by Crippen LogP contribution is 2.41. The molecular weight excluding hydrogens is 549 g/mol. The van der Waals surface area contributed by atoms with Crippen molar-refractivity contribution in [2.24, 2.45) is 0 Å². The molecule has 0 saturated heterocycles. The van der Waals surface area contributed by atoms with Crippen LogP contribution in [0.5, 0.6) is 5.75 Å². The SMILES string of the molecule is O=C(NC(=O)c1ccccc1Cl)Nc1ccc(-c2ncc(Br)cc2Br)c(Cl)c1O. The summed E-state index contributed by atoms with van der Waals surface area (Å²) < 4.78 is 1.43. The van der Waals surface area contributed by atoms with Crippen LogP contribution in [-0.2, 0) is 0 Å². The van der Waals surface area contributed by atoms with Crippen molar-refractivity contribution in [3.8, 4) is 17.0 Å². The highest BCUT2D eigenvalue weighted by atomic mass is 79.9. The van der Waals surface area contributed by atoms with E-state index in [4.69, 9.17) is 23.2 Å². The Morgan fingerprint density at radius 3 is 2.48 bits per heavy atom. The Bertz CT molecular complexity index is 1130. The summed E-state index contributed by atoms with van der Waals surface area (Å²) in [6.07, 6.45) is 1.59. The number of nitrogens with zero attached hydrogens (tertiary/aromatic N) is 1. The van der Waals surface area contributed by atoms with E-state index in [0.29, 0.717) is 15.7 Å². The molecule has 3 aromatic rings. The number of amides is 3. The molecule has 0 atom stereocenters. The van der Waals surface area contributed by atoms with Gasteiger partial charge in [0.2, 0.25) is 0 Å². The number of urea groups is 1. The van der Waals surface area contributed by atoms with Gasteiger partial charge in [-0.2, -0.15) is 0 Å². The molecule has 3 amide bonds. The zero-order chi connectivity index (χ0) is 21.1. The number of anilines is 1. The number of nitrogens with one attached hydrogen (secondary N) is 2. The number of hydrogen-bond acceptors (Lipinski definition) is 4. The largest absolute Gasteiger partial charge is 0.504 e. The fraction of sp³-hybridized carbons (Fsp3) is 0. The molecule has 0 aliphatic heterocycles. The van der Waals surface area contributed by atoms with E-state index in [1.54, 1.807) is 30.5 Å². The predicted molar refractivity (Wildman–Crippen MR) is 120 cm³/mol. The number of phenolic OH excluding ortho intramolecular Hbond substituents is 1. The van der Waals surface area contributed by atoms with Crippen molar-refractivity contribution >= 4 is 72.7 Å². The Morgan fingerprint density at radius 1 is 1.07 bits per heavy atom. The predicted octanol–water partition coefficient (Wildman–Crippen LogP) is 6.25. The van der Waals surface area contributed by atoms with Crippen LogP contribution < -0.4 is 10.6 Å². The zero-order valence-corrected chi connectivity index (χ0v) is 19.0. The molecule has 29 heavy (non-hydrogen) atoms. The van der Waals surface area contributed by atoms with Gasteiger partial charge in [-0.15, -0.1) is 0 Å². The number of aromatic nitrogens is 1.